The summed E-state index contributed by atoms with van der Waals surface area (Å²) in [6.45, 7) is 0.188. The van der Waals surface area contributed by atoms with Gasteiger partial charge in [-0.25, -0.2) is 9.78 Å². The molecule has 0 atom stereocenters. The van der Waals surface area contributed by atoms with Crippen LogP contribution in [-0.2, 0) is 0 Å². The van der Waals surface area contributed by atoms with E-state index in [-0.39, 0.29) is 12.2 Å². The maximum Gasteiger partial charge on any atom is 0.337 e. The molecule has 1 aromatic rings. The molecule has 1 rings (SSSR count). The number of aromatic nitrogens is 1. The molecule has 0 amide bonds. The van der Waals surface area contributed by atoms with Crippen molar-refractivity contribution in [3.8, 4) is 11.8 Å². The van der Waals surface area contributed by atoms with E-state index in [0.29, 0.717) is 12.4 Å². The Hall–Kier alpha value is -2.06. The number of aromatic carboxylic acids is 1. The molecular formula is C10H10N2O3. The predicted octanol–water partition coefficient (Wildman–Crippen LogP) is 0.187. The molecule has 0 fully saturated rings. The van der Waals surface area contributed by atoms with Gasteiger partial charge in [0, 0.05) is 6.20 Å². The SMILES string of the molecule is O=C(O)c1ccc(NCC#CCO)nc1. The highest BCUT2D eigenvalue weighted by atomic mass is 16.4. The third-order valence-corrected chi connectivity index (χ3v) is 1.57. The third-order valence-electron chi connectivity index (χ3n) is 1.57. The van der Waals surface area contributed by atoms with Crippen molar-refractivity contribution in [2.24, 2.45) is 0 Å². The zero-order chi connectivity index (χ0) is 11.1. The fourth-order valence-corrected chi connectivity index (χ4v) is 0.878. The van der Waals surface area contributed by atoms with Gasteiger partial charge >= 0.3 is 5.97 Å². The number of aliphatic hydroxyl groups excluding tert-OH is 1. The van der Waals surface area contributed by atoms with Crippen molar-refractivity contribution >= 4 is 11.8 Å². The number of carbonyl (C=O) groups is 1. The van der Waals surface area contributed by atoms with E-state index in [1.165, 1.54) is 12.3 Å². The normalized spacial score (nSPS) is 8.87. The third kappa shape index (κ3) is 3.67. The quantitative estimate of drug-likeness (QED) is 0.615. The van der Waals surface area contributed by atoms with Gasteiger partial charge in [-0.05, 0) is 12.1 Å². The van der Waals surface area contributed by atoms with E-state index in [0.717, 1.165) is 0 Å². The van der Waals surface area contributed by atoms with E-state index in [9.17, 15) is 4.79 Å². The number of hydrogen-bond donors (Lipinski definition) is 3. The average Bonchev–Trinajstić information content (AvgIpc) is 2.25. The van der Waals surface area contributed by atoms with Gasteiger partial charge in [0.1, 0.15) is 12.4 Å². The average molecular weight is 206 g/mol. The first kappa shape index (κ1) is 11.0. The van der Waals surface area contributed by atoms with Gasteiger partial charge in [-0.15, -0.1) is 0 Å². The Morgan fingerprint density at radius 3 is 2.80 bits per heavy atom. The van der Waals surface area contributed by atoms with E-state index >= 15 is 0 Å². The highest BCUT2D eigenvalue weighted by Gasteiger charge is 2.01. The Bertz CT molecular complexity index is 389. The molecule has 0 aromatic carbocycles. The van der Waals surface area contributed by atoms with Crippen molar-refractivity contribution in [1.82, 2.24) is 4.98 Å². The van der Waals surface area contributed by atoms with Gasteiger partial charge in [0.05, 0.1) is 12.1 Å². The standard InChI is InChI=1S/C10H10N2O3/c13-6-2-1-5-11-9-4-3-8(7-12-9)10(14)15/h3-4,7,13H,5-6H2,(H,11,12)(H,14,15). The van der Waals surface area contributed by atoms with Gasteiger partial charge in [-0.2, -0.15) is 0 Å². The van der Waals surface area contributed by atoms with Gasteiger partial charge in [0.15, 0.2) is 0 Å². The van der Waals surface area contributed by atoms with E-state index in [1.54, 1.807) is 6.07 Å². The molecule has 0 aliphatic rings. The first-order valence-corrected chi connectivity index (χ1v) is 4.24. The van der Waals surface area contributed by atoms with Crippen molar-refractivity contribution in [2.45, 2.75) is 0 Å². The van der Waals surface area contributed by atoms with Crippen LogP contribution in [0.5, 0.6) is 0 Å². The molecule has 0 radical (unpaired) electrons. The van der Waals surface area contributed by atoms with Gasteiger partial charge < -0.3 is 15.5 Å². The van der Waals surface area contributed by atoms with Gasteiger partial charge in [0.25, 0.3) is 0 Å². The lowest BCUT2D eigenvalue weighted by Gasteiger charge is -2.00. The fraction of sp³-hybridized carbons (Fsp3) is 0.200. The van der Waals surface area contributed by atoms with Crippen LogP contribution in [0.15, 0.2) is 18.3 Å². The molecule has 78 valence electrons. The van der Waals surface area contributed by atoms with Gasteiger partial charge in [-0.3, -0.25) is 0 Å². The summed E-state index contributed by atoms with van der Waals surface area (Å²) in [5, 5.41) is 19.8. The van der Waals surface area contributed by atoms with Gasteiger partial charge in [-0.1, -0.05) is 11.8 Å². The maximum absolute atomic E-state index is 10.5. The van der Waals surface area contributed by atoms with Crippen LogP contribution in [0, 0.1) is 11.8 Å². The molecule has 0 aliphatic carbocycles. The Morgan fingerprint density at radius 1 is 1.47 bits per heavy atom. The van der Waals surface area contributed by atoms with Crippen LogP contribution in [0.2, 0.25) is 0 Å². The summed E-state index contributed by atoms with van der Waals surface area (Å²) in [4.78, 5) is 14.4. The second kappa shape index (κ2) is 5.62. The largest absolute Gasteiger partial charge is 0.478 e. The molecule has 3 N–H and O–H groups in total. The second-order valence-corrected chi connectivity index (χ2v) is 2.60. The highest BCUT2D eigenvalue weighted by Crippen LogP contribution is 2.03. The number of nitrogens with one attached hydrogen (secondary N) is 1. The summed E-state index contributed by atoms with van der Waals surface area (Å²) in [6, 6.07) is 3.02. The van der Waals surface area contributed by atoms with Crippen LogP contribution >= 0.6 is 0 Å². The molecule has 1 heterocycles. The van der Waals surface area contributed by atoms with E-state index < -0.39 is 5.97 Å². The summed E-state index contributed by atoms with van der Waals surface area (Å²) in [6.07, 6.45) is 1.27. The molecule has 15 heavy (non-hydrogen) atoms. The van der Waals surface area contributed by atoms with Crippen molar-refractivity contribution < 1.29 is 15.0 Å². The van der Waals surface area contributed by atoms with Gasteiger partial charge in [0.2, 0.25) is 0 Å². The topological polar surface area (TPSA) is 82.5 Å². The first-order valence-electron chi connectivity index (χ1n) is 4.24. The van der Waals surface area contributed by atoms with Crippen LogP contribution in [-0.4, -0.2) is 34.3 Å². The molecule has 5 heteroatoms. The smallest absolute Gasteiger partial charge is 0.337 e. The number of carboxylic acids is 1. The summed E-state index contributed by atoms with van der Waals surface area (Å²) >= 11 is 0. The fourth-order valence-electron chi connectivity index (χ4n) is 0.878. The van der Waals surface area contributed by atoms with Crippen LogP contribution in [0.1, 0.15) is 10.4 Å². The zero-order valence-corrected chi connectivity index (χ0v) is 7.90. The molecule has 0 bridgehead atoms. The molecule has 5 nitrogen and oxygen atoms in total. The van der Waals surface area contributed by atoms with E-state index in [2.05, 4.69) is 22.1 Å². The molecule has 1 aromatic heterocycles. The minimum atomic E-state index is -1.01. The summed E-state index contributed by atoms with van der Waals surface area (Å²) in [7, 11) is 0. The monoisotopic (exact) mass is 206 g/mol. The predicted molar refractivity (Wildman–Crippen MR) is 54.5 cm³/mol. The number of hydrogen-bond acceptors (Lipinski definition) is 4. The van der Waals surface area contributed by atoms with Crippen molar-refractivity contribution in [2.75, 3.05) is 18.5 Å². The lowest BCUT2D eigenvalue weighted by atomic mass is 10.3. The molecule has 0 saturated carbocycles. The zero-order valence-electron chi connectivity index (χ0n) is 7.90. The molecule has 0 aliphatic heterocycles. The summed E-state index contributed by atoms with van der Waals surface area (Å²) in [5.74, 6) is 4.67. The maximum atomic E-state index is 10.5. The molecule has 0 saturated heterocycles. The number of pyridine rings is 1. The Balaban J connectivity index is 2.53. The number of aliphatic hydroxyl groups is 1. The minimum Gasteiger partial charge on any atom is -0.478 e. The number of nitrogens with zero attached hydrogens (tertiary/aromatic N) is 1. The Labute approximate surface area is 86.8 Å². The molecule has 0 unspecified atom stereocenters. The first-order chi connectivity index (χ1) is 7.24. The minimum absolute atomic E-state index is 0.141. The van der Waals surface area contributed by atoms with Crippen molar-refractivity contribution in [3.05, 3.63) is 23.9 Å². The highest BCUT2D eigenvalue weighted by molar-refractivity contribution is 5.87. The van der Waals surface area contributed by atoms with Crippen LogP contribution in [0.4, 0.5) is 5.82 Å². The summed E-state index contributed by atoms with van der Waals surface area (Å²) < 4.78 is 0. The number of anilines is 1. The Morgan fingerprint density at radius 2 is 2.27 bits per heavy atom. The van der Waals surface area contributed by atoms with E-state index in [4.69, 9.17) is 10.2 Å². The van der Waals surface area contributed by atoms with Crippen molar-refractivity contribution in [3.63, 3.8) is 0 Å². The Kier molecular flexibility index (Phi) is 4.13. The molecule has 0 spiro atoms. The van der Waals surface area contributed by atoms with Crippen LogP contribution < -0.4 is 5.32 Å². The van der Waals surface area contributed by atoms with Crippen LogP contribution in [0.25, 0.3) is 0 Å². The molecular weight excluding hydrogens is 196 g/mol. The summed E-state index contributed by atoms with van der Waals surface area (Å²) in [5.41, 5.74) is 0.141. The lowest BCUT2D eigenvalue weighted by molar-refractivity contribution is 0.0696. The number of carboxylic acid groups (broad SMARTS) is 1. The van der Waals surface area contributed by atoms with Crippen LogP contribution in [0.3, 0.4) is 0 Å². The van der Waals surface area contributed by atoms with E-state index in [1.807, 2.05) is 0 Å². The second-order valence-electron chi connectivity index (χ2n) is 2.60. The van der Waals surface area contributed by atoms with Crippen molar-refractivity contribution in [1.29, 1.82) is 0 Å². The lowest BCUT2D eigenvalue weighted by Crippen LogP contribution is -2.03. The number of rotatable bonds is 3.